The number of anilines is 1. The van der Waals surface area contributed by atoms with Crippen molar-refractivity contribution in [3.05, 3.63) is 71.0 Å². The van der Waals surface area contributed by atoms with Gasteiger partial charge in [-0.05, 0) is 50.1 Å². The number of carbonyl (C=O) groups is 2. The van der Waals surface area contributed by atoms with Crippen LogP contribution in [0.3, 0.4) is 0 Å². The number of fused-ring (bicyclic) bond motifs is 1. The summed E-state index contributed by atoms with van der Waals surface area (Å²) in [7, 11) is 3.21. The number of para-hydroxylation sites is 1. The van der Waals surface area contributed by atoms with Gasteiger partial charge in [-0.25, -0.2) is 9.50 Å². The molecule has 2 amide bonds. The third-order valence-electron chi connectivity index (χ3n) is 5.92. The van der Waals surface area contributed by atoms with Crippen LogP contribution in [-0.2, 0) is 11.2 Å². The molecule has 0 spiro atoms. The number of rotatable bonds is 8. The van der Waals surface area contributed by atoms with Crippen molar-refractivity contribution in [2.75, 3.05) is 19.5 Å². The van der Waals surface area contributed by atoms with Crippen LogP contribution in [0.15, 0.2) is 48.5 Å². The molecule has 9 heteroatoms. The molecule has 0 saturated heterocycles. The molecule has 35 heavy (non-hydrogen) atoms. The highest BCUT2D eigenvalue weighted by atomic mass is 16.5. The summed E-state index contributed by atoms with van der Waals surface area (Å²) in [6.07, 6.45) is 0.675. The number of methoxy groups -OCH3 is 2. The second-order valence-corrected chi connectivity index (χ2v) is 8.08. The molecule has 2 aromatic heterocycles. The quantitative estimate of drug-likeness (QED) is 0.403. The number of ether oxygens (including phenoxy) is 2. The first kappa shape index (κ1) is 23.7. The number of amides is 2. The summed E-state index contributed by atoms with van der Waals surface area (Å²) < 4.78 is 12.6. The van der Waals surface area contributed by atoms with E-state index < -0.39 is 5.91 Å². The molecule has 0 unspecified atom stereocenters. The molecule has 2 aromatic carbocycles. The number of benzene rings is 2. The van der Waals surface area contributed by atoms with Gasteiger partial charge in [0.2, 0.25) is 5.91 Å². The third-order valence-corrected chi connectivity index (χ3v) is 5.92. The summed E-state index contributed by atoms with van der Waals surface area (Å²) >= 11 is 0. The molecule has 3 N–H and O–H groups in total. The standard InChI is InChI=1S/C26H27N5O4/c1-15-18(11-12-25(32)29-21-8-6-5-7-20(21)26(27)33)16(2)31-24(28-15)14-22(30-31)19-10-9-17(34-3)13-23(19)35-4/h5-10,13-14H,11-12H2,1-4H3,(H2,27,33)(H,29,32). The Balaban J connectivity index is 1.58. The molecule has 0 bridgehead atoms. The molecule has 0 saturated carbocycles. The molecule has 0 aliphatic rings. The van der Waals surface area contributed by atoms with Crippen LogP contribution in [0.1, 0.15) is 33.7 Å². The molecule has 0 aliphatic heterocycles. The van der Waals surface area contributed by atoms with Gasteiger partial charge in [0.1, 0.15) is 11.5 Å². The van der Waals surface area contributed by atoms with E-state index in [0.717, 1.165) is 28.2 Å². The Bertz CT molecular complexity index is 1430. The maximum Gasteiger partial charge on any atom is 0.250 e. The average molecular weight is 474 g/mol. The fourth-order valence-electron chi connectivity index (χ4n) is 4.09. The van der Waals surface area contributed by atoms with E-state index in [1.807, 2.05) is 38.1 Å². The van der Waals surface area contributed by atoms with Crippen LogP contribution in [0.5, 0.6) is 11.5 Å². The molecule has 4 rings (SSSR count). The SMILES string of the molecule is COc1ccc(-c2cc3nc(C)c(CCC(=O)Nc4ccccc4C(N)=O)c(C)n3n2)c(OC)c1. The number of carbonyl (C=O) groups excluding carboxylic acids is 2. The van der Waals surface area contributed by atoms with E-state index in [9.17, 15) is 9.59 Å². The average Bonchev–Trinajstić information content (AvgIpc) is 3.27. The molecule has 4 aromatic rings. The molecule has 0 aliphatic carbocycles. The largest absolute Gasteiger partial charge is 0.497 e. The molecule has 9 nitrogen and oxygen atoms in total. The number of nitrogens with two attached hydrogens (primary N) is 1. The zero-order valence-electron chi connectivity index (χ0n) is 20.1. The lowest BCUT2D eigenvalue weighted by molar-refractivity contribution is -0.116. The van der Waals surface area contributed by atoms with Crippen molar-refractivity contribution >= 4 is 23.1 Å². The Morgan fingerprint density at radius 1 is 1.06 bits per heavy atom. The number of hydrogen-bond donors (Lipinski definition) is 2. The number of aryl methyl sites for hydroxylation is 2. The molecule has 180 valence electrons. The molecule has 0 radical (unpaired) electrons. The van der Waals surface area contributed by atoms with Crippen molar-refractivity contribution in [1.82, 2.24) is 14.6 Å². The number of hydrogen-bond acceptors (Lipinski definition) is 6. The summed E-state index contributed by atoms with van der Waals surface area (Å²) in [5.74, 6) is 0.528. The predicted octanol–water partition coefficient (Wildman–Crippen LogP) is 3.70. The molecule has 0 fully saturated rings. The van der Waals surface area contributed by atoms with Crippen molar-refractivity contribution in [3.8, 4) is 22.8 Å². The van der Waals surface area contributed by atoms with Crippen LogP contribution < -0.4 is 20.5 Å². The zero-order chi connectivity index (χ0) is 25.1. The Morgan fingerprint density at radius 2 is 1.83 bits per heavy atom. The Morgan fingerprint density at radius 3 is 2.54 bits per heavy atom. The molecular weight excluding hydrogens is 446 g/mol. The first-order valence-electron chi connectivity index (χ1n) is 11.1. The normalized spacial score (nSPS) is 10.9. The van der Waals surface area contributed by atoms with Crippen LogP contribution in [-0.4, -0.2) is 40.6 Å². The van der Waals surface area contributed by atoms with Gasteiger partial charge in [-0.3, -0.25) is 9.59 Å². The van der Waals surface area contributed by atoms with Gasteiger partial charge in [-0.1, -0.05) is 12.1 Å². The molecule has 0 atom stereocenters. The second-order valence-electron chi connectivity index (χ2n) is 8.08. The minimum absolute atomic E-state index is 0.211. The van der Waals surface area contributed by atoms with Gasteiger partial charge < -0.3 is 20.5 Å². The van der Waals surface area contributed by atoms with Gasteiger partial charge in [0, 0.05) is 35.5 Å². The second kappa shape index (κ2) is 9.84. The van der Waals surface area contributed by atoms with Gasteiger partial charge in [0.05, 0.1) is 31.2 Å². The monoisotopic (exact) mass is 473 g/mol. The number of nitrogens with zero attached hydrogens (tertiary/aromatic N) is 3. The minimum atomic E-state index is -0.592. The lowest BCUT2D eigenvalue weighted by Crippen LogP contribution is -2.19. The lowest BCUT2D eigenvalue weighted by atomic mass is 10.1. The van der Waals surface area contributed by atoms with Crippen LogP contribution in [0.25, 0.3) is 16.9 Å². The minimum Gasteiger partial charge on any atom is -0.497 e. The highest BCUT2D eigenvalue weighted by molar-refractivity contribution is 6.03. The van der Waals surface area contributed by atoms with E-state index in [2.05, 4.69) is 5.32 Å². The van der Waals surface area contributed by atoms with E-state index in [0.29, 0.717) is 29.3 Å². The molecule has 2 heterocycles. The summed E-state index contributed by atoms with van der Waals surface area (Å²) in [5.41, 5.74) is 11.0. The van der Waals surface area contributed by atoms with Gasteiger partial charge in [0.25, 0.3) is 5.91 Å². The maximum atomic E-state index is 12.6. The van der Waals surface area contributed by atoms with Crippen LogP contribution in [0, 0.1) is 13.8 Å². The number of primary amides is 1. The lowest BCUT2D eigenvalue weighted by Gasteiger charge is -2.12. The first-order chi connectivity index (χ1) is 16.8. The maximum absolute atomic E-state index is 12.6. The number of aromatic nitrogens is 3. The Labute approximate surface area is 202 Å². The van der Waals surface area contributed by atoms with Gasteiger partial charge >= 0.3 is 0 Å². The zero-order valence-corrected chi connectivity index (χ0v) is 20.1. The van der Waals surface area contributed by atoms with E-state index in [1.54, 1.807) is 43.0 Å². The van der Waals surface area contributed by atoms with Crippen molar-refractivity contribution in [3.63, 3.8) is 0 Å². The van der Waals surface area contributed by atoms with Gasteiger partial charge in [0.15, 0.2) is 5.65 Å². The fraction of sp³-hybridized carbons (Fsp3) is 0.231. The van der Waals surface area contributed by atoms with E-state index in [1.165, 1.54) is 0 Å². The first-order valence-corrected chi connectivity index (χ1v) is 11.1. The third kappa shape index (κ3) is 4.79. The predicted molar refractivity (Wildman–Crippen MR) is 133 cm³/mol. The van der Waals surface area contributed by atoms with E-state index >= 15 is 0 Å². The summed E-state index contributed by atoms with van der Waals surface area (Å²) in [4.78, 5) is 29.0. The van der Waals surface area contributed by atoms with Crippen molar-refractivity contribution in [1.29, 1.82) is 0 Å². The fourth-order valence-corrected chi connectivity index (χ4v) is 4.09. The smallest absolute Gasteiger partial charge is 0.250 e. The van der Waals surface area contributed by atoms with E-state index in [-0.39, 0.29) is 17.9 Å². The van der Waals surface area contributed by atoms with E-state index in [4.69, 9.17) is 25.3 Å². The van der Waals surface area contributed by atoms with Crippen LogP contribution in [0.4, 0.5) is 5.69 Å². The molecular formula is C26H27N5O4. The summed E-state index contributed by atoms with van der Waals surface area (Å²) in [5, 5.41) is 7.53. The van der Waals surface area contributed by atoms with Gasteiger partial charge in [-0.2, -0.15) is 5.10 Å². The Hall–Kier alpha value is -4.40. The van der Waals surface area contributed by atoms with Crippen LogP contribution >= 0.6 is 0 Å². The number of nitrogens with one attached hydrogen (secondary N) is 1. The van der Waals surface area contributed by atoms with Crippen molar-refractivity contribution < 1.29 is 19.1 Å². The van der Waals surface area contributed by atoms with Crippen molar-refractivity contribution in [2.24, 2.45) is 5.73 Å². The van der Waals surface area contributed by atoms with Gasteiger partial charge in [-0.15, -0.1) is 0 Å². The highest BCUT2D eigenvalue weighted by Gasteiger charge is 2.17. The highest BCUT2D eigenvalue weighted by Crippen LogP contribution is 2.33. The summed E-state index contributed by atoms with van der Waals surface area (Å²) in [6.45, 7) is 3.88. The van der Waals surface area contributed by atoms with Crippen LogP contribution in [0.2, 0.25) is 0 Å². The van der Waals surface area contributed by atoms with Crippen molar-refractivity contribution in [2.45, 2.75) is 26.7 Å². The Kier molecular flexibility index (Phi) is 6.68. The summed E-state index contributed by atoms with van der Waals surface area (Å²) in [6, 6.07) is 14.1. The topological polar surface area (TPSA) is 121 Å².